The average Bonchev–Trinajstić information content (AvgIpc) is 2.67. The van der Waals surface area contributed by atoms with E-state index in [2.05, 4.69) is 6.92 Å². The largest absolute Gasteiger partial charge is 0.344 e. The van der Waals surface area contributed by atoms with Crippen LogP contribution >= 0.6 is 0 Å². The number of rotatable bonds is 1. The van der Waals surface area contributed by atoms with Crippen molar-refractivity contribution >= 4 is 0 Å². The lowest BCUT2D eigenvalue weighted by molar-refractivity contribution is -0.192. The fourth-order valence-electron chi connectivity index (χ4n) is 2.97. The number of benzene rings is 1. The second-order valence-corrected chi connectivity index (χ2v) is 5.19. The van der Waals surface area contributed by atoms with Crippen LogP contribution < -0.4 is 0 Å². The molecular formula is C15H18FO2. The summed E-state index contributed by atoms with van der Waals surface area (Å²) in [4.78, 5) is 0. The van der Waals surface area contributed by atoms with Crippen molar-refractivity contribution in [2.45, 2.75) is 50.1 Å². The maximum Gasteiger partial charge on any atom is 0.169 e. The molecule has 3 heteroatoms. The summed E-state index contributed by atoms with van der Waals surface area (Å²) in [6, 6.07) is 6.71. The first-order valence-electron chi connectivity index (χ1n) is 6.63. The van der Waals surface area contributed by atoms with E-state index in [0.29, 0.717) is 5.56 Å². The van der Waals surface area contributed by atoms with E-state index < -0.39 is 5.79 Å². The highest BCUT2D eigenvalue weighted by atomic mass is 19.1. The fraction of sp³-hybridized carbons (Fsp3) is 0.533. The molecule has 1 spiro atoms. The molecule has 1 aromatic rings. The highest BCUT2D eigenvalue weighted by Gasteiger charge is 2.47. The first-order valence-corrected chi connectivity index (χ1v) is 6.63. The summed E-state index contributed by atoms with van der Waals surface area (Å²) in [7, 11) is 0. The van der Waals surface area contributed by atoms with Crippen molar-refractivity contribution in [3.8, 4) is 0 Å². The van der Waals surface area contributed by atoms with Crippen molar-refractivity contribution in [1.82, 2.24) is 0 Å². The fourth-order valence-corrected chi connectivity index (χ4v) is 2.97. The van der Waals surface area contributed by atoms with Gasteiger partial charge in [0.2, 0.25) is 0 Å². The van der Waals surface area contributed by atoms with Gasteiger partial charge in [-0.25, -0.2) is 4.39 Å². The van der Waals surface area contributed by atoms with Crippen LogP contribution in [0.25, 0.3) is 0 Å². The van der Waals surface area contributed by atoms with Gasteiger partial charge in [0.15, 0.2) is 5.79 Å². The lowest BCUT2D eigenvalue weighted by Crippen LogP contribution is -2.33. The summed E-state index contributed by atoms with van der Waals surface area (Å²) >= 11 is 0. The number of hydrogen-bond acceptors (Lipinski definition) is 2. The smallest absolute Gasteiger partial charge is 0.169 e. The summed E-state index contributed by atoms with van der Waals surface area (Å²) in [6.07, 6.45) is 4.51. The van der Waals surface area contributed by atoms with Gasteiger partial charge >= 0.3 is 0 Å². The molecule has 0 bridgehead atoms. The Balaban J connectivity index is 1.84. The molecule has 3 rings (SSSR count). The summed E-state index contributed by atoms with van der Waals surface area (Å²) in [5.74, 6) is -0.759. The Kier molecular flexibility index (Phi) is 3.12. The summed E-state index contributed by atoms with van der Waals surface area (Å²) < 4.78 is 25.8. The predicted molar refractivity (Wildman–Crippen MR) is 66.3 cm³/mol. The van der Waals surface area contributed by atoms with Gasteiger partial charge in [0.1, 0.15) is 11.9 Å². The van der Waals surface area contributed by atoms with Gasteiger partial charge in [0, 0.05) is 18.4 Å². The molecule has 1 saturated heterocycles. The third-order valence-corrected chi connectivity index (χ3v) is 3.87. The van der Waals surface area contributed by atoms with Gasteiger partial charge in [-0.15, -0.1) is 0 Å². The minimum atomic E-state index is -0.516. The van der Waals surface area contributed by atoms with Crippen LogP contribution in [0.15, 0.2) is 24.3 Å². The molecule has 1 aromatic carbocycles. The van der Waals surface area contributed by atoms with Crippen LogP contribution in [0, 0.1) is 12.7 Å². The lowest BCUT2D eigenvalue weighted by Gasteiger charge is -2.31. The molecule has 1 heterocycles. The van der Waals surface area contributed by atoms with Gasteiger partial charge in [0.25, 0.3) is 0 Å². The van der Waals surface area contributed by atoms with Crippen molar-refractivity contribution < 1.29 is 13.9 Å². The zero-order valence-electron chi connectivity index (χ0n) is 10.4. The number of ether oxygens (including phenoxy) is 2. The van der Waals surface area contributed by atoms with Crippen LogP contribution in [-0.4, -0.2) is 11.9 Å². The predicted octanol–water partition coefficient (Wildman–Crippen LogP) is 3.78. The number of hydrogen-bond donors (Lipinski definition) is 0. The normalized spacial score (nSPS) is 30.8. The number of halogens is 1. The maximum absolute atomic E-state index is 13.8. The van der Waals surface area contributed by atoms with E-state index >= 15 is 0 Å². The third-order valence-electron chi connectivity index (χ3n) is 3.87. The SMILES string of the molecule is [CH2]C1OC2(CCCCC2)OC1c1ccccc1F. The minimum absolute atomic E-state index is 0.243. The lowest BCUT2D eigenvalue weighted by atomic mass is 9.94. The van der Waals surface area contributed by atoms with Crippen molar-refractivity contribution in [3.63, 3.8) is 0 Å². The first kappa shape index (κ1) is 12.1. The molecule has 1 aliphatic carbocycles. The van der Waals surface area contributed by atoms with Crippen LogP contribution in [0.4, 0.5) is 4.39 Å². The Bertz CT molecular complexity index is 426. The van der Waals surface area contributed by atoms with Gasteiger partial charge in [-0.05, 0) is 25.8 Å². The van der Waals surface area contributed by atoms with Crippen molar-refractivity contribution in [2.75, 3.05) is 0 Å². The second kappa shape index (κ2) is 4.63. The zero-order valence-corrected chi connectivity index (χ0v) is 10.4. The molecule has 1 aliphatic heterocycles. The Morgan fingerprint density at radius 1 is 1.11 bits per heavy atom. The average molecular weight is 249 g/mol. The monoisotopic (exact) mass is 249 g/mol. The zero-order chi connectivity index (χ0) is 12.6. The van der Waals surface area contributed by atoms with Crippen LogP contribution in [-0.2, 0) is 9.47 Å². The molecule has 1 radical (unpaired) electrons. The van der Waals surface area contributed by atoms with Gasteiger partial charge < -0.3 is 9.47 Å². The molecule has 0 N–H and O–H groups in total. The molecule has 0 aromatic heterocycles. The van der Waals surface area contributed by atoms with Crippen LogP contribution in [0.1, 0.15) is 43.8 Å². The molecule has 1 saturated carbocycles. The van der Waals surface area contributed by atoms with E-state index in [1.165, 1.54) is 12.5 Å². The van der Waals surface area contributed by atoms with Crippen LogP contribution in [0.2, 0.25) is 0 Å². The van der Waals surface area contributed by atoms with Crippen molar-refractivity contribution in [2.24, 2.45) is 0 Å². The summed E-state index contributed by atoms with van der Waals surface area (Å²) in [5.41, 5.74) is 0.556. The first-order chi connectivity index (χ1) is 8.70. The quantitative estimate of drug-likeness (QED) is 0.754. The molecule has 2 unspecified atom stereocenters. The Morgan fingerprint density at radius 2 is 1.83 bits per heavy atom. The molecule has 2 aliphatic rings. The van der Waals surface area contributed by atoms with E-state index in [1.807, 2.05) is 6.07 Å². The van der Waals surface area contributed by atoms with E-state index in [-0.39, 0.29) is 18.0 Å². The second-order valence-electron chi connectivity index (χ2n) is 5.19. The molecule has 18 heavy (non-hydrogen) atoms. The van der Waals surface area contributed by atoms with Crippen molar-refractivity contribution in [3.05, 3.63) is 42.6 Å². The van der Waals surface area contributed by atoms with E-state index in [9.17, 15) is 4.39 Å². The van der Waals surface area contributed by atoms with E-state index in [0.717, 1.165) is 25.7 Å². The Labute approximate surface area is 107 Å². The molecule has 0 amide bonds. The van der Waals surface area contributed by atoms with E-state index in [1.54, 1.807) is 12.1 Å². The molecule has 2 fully saturated rings. The standard InChI is InChI=1S/C15H18FO2/c1-11-14(12-7-3-4-8-13(12)16)18-15(17-11)9-5-2-6-10-15/h3-4,7-8,11,14H,1-2,5-6,9-10H2. The minimum Gasteiger partial charge on any atom is -0.344 e. The van der Waals surface area contributed by atoms with E-state index in [4.69, 9.17) is 9.47 Å². The molecule has 2 atom stereocenters. The summed E-state index contributed by atoms with van der Waals surface area (Å²) in [6.45, 7) is 3.97. The topological polar surface area (TPSA) is 18.5 Å². The summed E-state index contributed by atoms with van der Waals surface area (Å²) in [5, 5.41) is 0. The highest BCUT2D eigenvalue weighted by Crippen LogP contribution is 2.46. The maximum atomic E-state index is 13.8. The van der Waals surface area contributed by atoms with Gasteiger partial charge in [-0.3, -0.25) is 0 Å². The molecular weight excluding hydrogens is 231 g/mol. The Morgan fingerprint density at radius 3 is 2.56 bits per heavy atom. The highest BCUT2D eigenvalue weighted by molar-refractivity contribution is 5.22. The molecule has 2 nitrogen and oxygen atoms in total. The third kappa shape index (κ3) is 2.06. The Hall–Kier alpha value is -0.930. The van der Waals surface area contributed by atoms with Gasteiger partial charge in [0.05, 0.1) is 6.10 Å². The van der Waals surface area contributed by atoms with Crippen LogP contribution in [0.3, 0.4) is 0 Å². The van der Waals surface area contributed by atoms with Crippen molar-refractivity contribution in [1.29, 1.82) is 0 Å². The van der Waals surface area contributed by atoms with Gasteiger partial charge in [-0.1, -0.05) is 24.6 Å². The van der Waals surface area contributed by atoms with Gasteiger partial charge in [-0.2, -0.15) is 0 Å². The van der Waals surface area contributed by atoms with Crippen LogP contribution in [0.5, 0.6) is 0 Å². The molecule has 97 valence electrons.